The average molecular weight is 282 g/mol. The second kappa shape index (κ2) is 5.28. The Morgan fingerprint density at radius 1 is 1.19 bits per heavy atom. The predicted octanol–water partition coefficient (Wildman–Crippen LogP) is 2.80. The van der Waals surface area contributed by atoms with Crippen LogP contribution in [-0.4, -0.2) is 29.6 Å². The number of pyridine rings is 1. The summed E-state index contributed by atoms with van der Waals surface area (Å²) in [5, 5.41) is 0. The summed E-state index contributed by atoms with van der Waals surface area (Å²) < 4.78 is 12.0. The molecule has 0 radical (unpaired) electrons. The van der Waals surface area contributed by atoms with Crippen LogP contribution in [0.5, 0.6) is 5.75 Å². The maximum absolute atomic E-state index is 11.6. The largest absolute Gasteiger partial charge is 0.496 e. The number of aromatic nitrogens is 2. The zero-order valence-electron chi connectivity index (χ0n) is 11.7. The van der Waals surface area contributed by atoms with Crippen molar-refractivity contribution < 1.29 is 14.3 Å². The first kappa shape index (κ1) is 13.2. The molecule has 5 nitrogen and oxygen atoms in total. The molecule has 0 fully saturated rings. The third kappa shape index (κ3) is 2.23. The van der Waals surface area contributed by atoms with Gasteiger partial charge >= 0.3 is 5.97 Å². The van der Waals surface area contributed by atoms with E-state index in [0.717, 1.165) is 17.0 Å². The number of nitrogens with zero attached hydrogens (tertiary/aromatic N) is 2. The number of hydrogen-bond donors (Lipinski definition) is 0. The topological polar surface area (TPSA) is 52.8 Å². The average Bonchev–Trinajstić information content (AvgIpc) is 2.96. The van der Waals surface area contributed by atoms with Crippen molar-refractivity contribution in [2.24, 2.45) is 0 Å². The maximum Gasteiger partial charge on any atom is 0.338 e. The summed E-state index contributed by atoms with van der Waals surface area (Å²) in [5.41, 5.74) is 3.00. The van der Waals surface area contributed by atoms with Gasteiger partial charge in [0.25, 0.3) is 0 Å². The Bertz CT molecular complexity index is 808. The molecule has 0 N–H and O–H groups in total. The fourth-order valence-corrected chi connectivity index (χ4v) is 2.28. The normalized spacial score (nSPS) is 10.6. The Labute approximate surface area is 121 Å². The van der Waals surface area contributed by atoms with Gasteiger partial charge in [0.05, 0.1) is 31.7 Å². The van der Waals surface area contributed by atoms with Crippen molar-refractivity contribution in [2.45, 2.75) is 0 Å². The number of esters is 1. The quantitative estimate of drug-likeness (QED) is 0.693. The minimum absolute atomic E-state index is 0.376. The van der Waals surface area contributed by atoms with Crippen LogP contribution in [-0.2, 0) is 4.74 Å². The lowest BCUT2D eigenvalue weighted by Crippen LogP contribution is -2.02. The molecule has 0 aliphatic rings. The van der Waals surface area contributed by atoms with E-state index in [1.165, 1.54) is 7.11 Å². The lowest BCUT2D eigenvalue weighted by Gasteiger charge is -2.08. The lowest BCUT2D eigenvalue weighted by atomic mass is 10.1. The molecular weight excluding hydrogens is 268 g/mol. The van der Waals surface area contributed by atoms with E-state index < -0.39 is 0 Å². The van der Waals surface area contributed by atoms with Crippen molar-refractivity contribution in [3.8, 4) is 17.0 Å². The molecule has 0 saturated carbocycles. The number of hydrogen-bond acceptors (Lipinski definition) is 4. The van der Waals surface area contributed by atoms with Crippen molar-refractivity contribution in [3.63, 3.8) is 0 Å². The smallest absolute Gasteiger partial charge is 0.338 e. The van der Waals surface area contributed by atoms with E-state index in [1.807, 2.05) is 28.7 Å². The van der Waals surface area contributed by atoms with Gasteiger partial charge in [-0.2, -0.15) is 0 Å². The molecule has 5 heteroatoms. The molecule has 3 rings (SSSR count). The first-order chi connectivity index (χ1) is 10.2. The van der Waals surface area contributed by atoms with Crippen LogP contribution < -0.4 is 4.74 Å². The minimum Gasteiger partial charge on any atom is -0.496 e. The number of benzene rings is 1. The number of carbonyl (C=O) groups excluding carboxylic acids is 1. The number of carbonyl (C=O) groups is 1. The fourth-order valence-electron chi connectivity index (χ4n) is 2.28. The molecule has 0 aliphatic heterocycles. The predicted molar refractivity (Wildman–Crippen MR) is 78.5 cm³/mol. The van der Waals surface area contributed by atoms with E-state index in [1.54, 1.807) is 31.6 Å². The monoisotopic (exact) mass is 282 g/mol. The van der Waals surface area contributed by atoms with Gasteiger partial charge < -0.3 is 9.47 Å². The highest BCUT2D eigenvalue weighted by Crippen LogP contribution is 2.30. The van der Waals surface area contributed by atoms with Crippen LogP contribution in [0, 0.1) is 0 Å². The molecule has 0 atom stereocenters. The first-order valence-electron chi connectivity index (χ1n) is 6.43. The summed E-state index contributed by atoms with van der Waals surface area (Å²) in [6.07, 6.45) is 3.56. The third-order valence-electron chi connectivity index (χ3n) is 3.32. The Balaban J connectivity index is 2.15. The van der Waals surface area contributed by atoms with E-state index in [4.69, 9.17) is 9.47 Å². The number of methoxy groups -OCH3 is 2. The molecule has 0 bridgehead atoms. The number of ether oxygens (including phenoxy) is 2. The minimum atomic E-state index is -0.376. The van der Waals surface area contributed by atoms with Gasteiger partial charge in [0.1, 0.15) is 11.4 Å². The van der Waals surface area contributed by atoms with Gasteiger partial charge in [0.15, 0.2) is 0 Å². The van der Waals surface area contributed by atoms with E-state index in [-0.39, 0.29) is 5.97 Å². The molecule has 0 amide bonds. The van der Waals surface area contributed by atoms with Gasteiger partial charge in [-0.3, -0.25) is 4.40 Å². The summed E-state index contributed by atoms with van der Waals surface area (Å²) in [5.74, 6) is 0.399. The summed E-state index contributed by atoms with van der Waals surface area (Å²) >= 11 is 0. The highest BCUT2D eigenvalue weighted by Gasteiger charge is 2.12. The van der Waals surface area contributed by atoms with Crippen LogP contribution >= 0.6 is 0 Å². The van der Waals surface area contributed by atoms with Gasteiger partial charge in [-0.1, -0.05) is 12.1 Å². The molecule has 0 spiro atoms. The van der Waals surface area contributed by atoms with Crippen molar-refractivity contribution in [1.82, 2.24) is 9.38 Å². The number of imidazole rings is 1. The Morgan fingerprint density at radius 3 is 2.76 bits per heavy atom. The van der Waals surface area contributed by atoms with Crippen LogP contribution in [0.25, 0.3) is 16.9 Å². The van der Waals surface area contributed by atoms with E-state index >= 15 is 0 Å². The number of rotatable bonds is 3. The van der Waals surface area contributed by atoms with Crippen LogP contribution in [0.15, 0.2) is 48.8 Å². The van der Waals surface area contributed by atoms with Gasteiger partial charge in [0.2, 0.25) is 0 Å². The zero-order chi connectivity index (χ0) is 14.8. The summed E-state index contributed by atoms with van der Waals surface area (Å²) in [6, 6.07) is 11.1. The Hall–Kier alpha value is -2.82. The lowest BCUT2D eigenvalue weighted by molar-refractivity contribution is 0.0600. The van der Waals surface area contributed by atoms with Crippen molar-refractivity contribution >= 4 is 11.6 Å². The van der Waals surface area contributed by atoms with Crippen molar-refractivity contribution in [2.75, 3.05) is 14.2 Å². The van der Waals surface area contributed by atoms with Gasteiger partial charge in [-0.15, -0.1) is 0 Å². The molecule has 1 aromatic carbocycles. The number of para-hydroxylation sites is 1. The third-order valence-corrected chi connectivity index (χ3v) is 3.32. The highest BCUT2D eigenvalue weighted by molar-refractivity contribution is 5.90. The zero-order valence-corrected chi connectivity index (χ0v) is 11.7. The SMILES string of the molecule is COC(=O)c1ccn2c(-c3ccccc3OC)cnc2c1. The van der Waals surface area contributed by atoms with Crippen LogP contribution in [0.1, 0.15) is 10.4 Å². The summed E-state index contributed by atoms with van der Waals surface area (Å²) in [4.78, 5) is 15.9. The summed E-state index contributed by atoms with van der Waals surface area (Å²) in [7, 11) is 3.00. The van der Waals surface area contributed by atoms with Crippen molar-refractivity contribution in [3.05, 3.63) is 54.4 Å². The molecule has 2 aromatic heterocycles. The Kier molecular flexibility index (Phi) is 3.31. The van der Waals surface area contributed by atoms with Gasteiger partial charge in [-0.25, -0.2) is 9.78 Å². The molecular formula is C16H14N2O3. The molecule has 3 aromatic rings. The van der Waals surface area contributed by atoms with Crippen molar-refractivity contribution in [1.29, 1.82) is 0 Å². The molecule has 2 heterocycles. The molecule has 21 heavy (non-hydrogen) atoms. The van der Waals surface area contributed by atoms with E-state index in [2.05, 4.69) is 4.98 Å². The van der Waals surface area contributed by atoms with Gasteiger partial charge in [0, 0.05) is 11.8 Å². The number of fused-ring (bicyclic) bond motifs is 1. The molecule has 106 valence electrons. The van der Waals surface area contributed by atoms with Crippen LogP contribution in [0.4, 0.5) is 0 Å². The van der Waals surface area contributed by atoms with E-state index in [9.17, 15) is 4.79 Å². The maximum atomic E-state index is 11.6. The first-order valence-corrected chi connectivity index (χ1v) is 6.43. The second-order valence-corrected chi connectivity index (χ2v) is 4.48. The molecule has 0 aliphatic carbocycles. The van der Waals surface area contributed by atoms with Gasteiger partial charge in [-0.05, 0) is 24.3 Å². The molecule has 0 saturated heterocycles. The highest BCUT2D eigenvalue weighted by atomic mass is 16.5. The second-order valence-electron chi connectivity index (χ2n) is 4.48. The standard InChI is InChI=1S/C16H14N2O3/c1-20-14-6-4-3-5-12(14)13-10-17-15-9-11(16(19)21-2)7-8-18(13)15/h3-10H,1-2H3. The summed E-state index contributed by atoms with van der Waals surface area (Å²) in [6.45, 7) is 0. The molecule has 0 unspecified atom stereocenters. The fraction of sp³-hybridized carbons (Fsp3) is 0.125. The van der Waals surface area contributed by atoms with Crippen LogP contribution in [0.2, 0.25) is 0 Å². The van der Waals surface area contributed by atoms with E-state index in [0.29, 0.717) is 11.2 Å². The van der Waals surface area contributed by atoms with Crippen LogP contribution in [0.3, 0.4) is 0 Å². The Morgan fingerprint density at radius 2 is 2.00 bits per heavy atom.